The molecule has 0 aliphatic carbocycles. The first-order chi connectivity index (χ1) is 15.0. The van der Waals surface area contributed by atoms with Crippen LogP contribution in [0, 0.1) is 5.92 Å². The molecular weight excluding hydrogens is 396 g/mol. The SMILES string of the molecule is C[C@H]1CC(=O)N(c2cccc(C(=O)Nc3ccccc3OC[C@H]3CCCCO3)c2)C1=O. The maximum absolute atomic E-state index is 12.9. The monoisotopic (exact) mass is 422 g/mol. The van der Waals surface area contributed by atoms with Gasteiger partial charge in [-0.05, 0) is 49.6 Å². The zero-order chi connectivity index (χ0) is 21.8. The fraction of sp³-hybridized carbons (Fsp3) is 0.375. The van der Waals surface area contributed by atoms with Crippen molar-refractivity contribution in [2.75, 3.05) is 23.4 Å². The summed E-state index contributed by atoms with van der Waals surface area (Å²) in [6.45, 7) is 2.91. The number of benzene rings is 2. The van der Waals surface area contributed by atoms with Crippen LogP contribution in [0.3, 0.4) is 0 Å². The van der Waals surface area contributed by atoms with Crippen LogP contribution in [0.15, 0.2) is 48.5 Å². The minimum absolute atomic E-state index is 0.0621. The van der Waals surface area contributed by atoms with Gasteiger partial charge in [-0.1, -0.05) is 25.1 Å². The summed E-state index contributed by atoms with van der Waals surface area (Å²) in [7, 11) is 0. The fourth-order valence-corrected chi connectivity index (χ4v) is 3.85. The van der Waals surface area contributed by atoms with E-state index >= 15 is 0 Å². The molecule has 2 heterocycles. The van der Waals surface area contributed by atoms with Crippen molar-refractivity contribution in [2.24, 2.45) is 5.92 Å². The third-order valence-electron chi connectivity index (χ3n) is 5.57. The molecule has 2 atom stereocenters. The quantitative estimate of drug-likeness (QED) is 0.716. The smallest absolute Gasteiger partial charge is 0.255 e. The van der Waals surface area contributed by atoms with Crippen molar-refractivity contribution in [3.8, 4) is 5.75 Å². The standard InChI is InChI=1S/C24H26N2O5/c1-16-13-22(27)26(24(16)29)18-8-6-7-17(14-18)23(28)25-20-10-2-3-11-21(20)31-15-19-9-4-5-12-30-19/h2-3,6-8,10-11,14,16,19H,4-5,9,12-13,15H2,1H3,(H,25,28)/t16-,19+/m0/s1. The average Bonchev–Trinajstić information content (AvgIpc) is 3.05. The second-order valence-electron chi connectivity index (χ2n) is 7.97. The number of imide groups is 1. The molecule has 2 aromatic carbocycles. The summed E-state index contributed by atoms with van der Waals surface area (Å²) in [5, 5.41) is 2.87. The van der Waals surface area contributed by atoms with E-state index in [0.29, 0.717) is 29.3 Å². The molecule has 0 radical (unpaired) electrons. The number of rotatable bonds is 6. The number of hydrogen-bond acceptors (Lipinski definition) is 5. The molecule has 2 aromatic rings. The molecule has 4 rings (SSSR count). The Labute approximate surface area is 181 Å². The second kappa shape index (κ2) is 9.31. The Balaban J connectivity index is 1.46. The number of carbonyl (C=O) groups excluding carboxylic acids is 3. The molecule has 0 aromatic heterocycles. The Morgan fingerprint density at radius 1 is 1.16 bits per heavy atom. The highest BCUT2D eigenvalue weighted by molar-refractivity contribution is 6.21. The lowest BCUT2D eigenvalue weighted by atomic mass is 10.1. The van der Waals surface area contributed by atoms with Crippen LogP contribution in [-0.4, -0.2) is 37.0 Å². The van der Waals surface area contributed by atoms with Crippen LogP contribution in [0.1, 0.15) is 43.0 Å². The number of amides is 3. The number of ether oxygens (including phenoxy) is 2. The maximum Gasteiger partial charge on any atom is 0.255 e. The topological polar surface area (TPSA) is 84.9 Å². The molecule has 162 valence electrons. The second-order valence-corrected chi connectivity index (χ2v) is 7.97. The molecule has 2 saturated heterocycles. The third-order valence-corrected chi connectivity index (χ3v) is 5.57. The van der Waals surface area contributed by atoms with Crippen LogP contribution in [0.25, 0.3) is 0 Å². The first-order valence-corrected chi connectivity index (χ1v) is 10.6. The summed E-state index contributed by atoms with van der Waals surface area (Å²) >= 11 is 0. The van der Waals surface area contributed by atoms with Crippen LogP contribution in [0.5, 0.6) is 5.75 Å². The summed E-state index contributed by atoms with van der Waals surface area (Å²) in [6.07, 6.45) is 3.42. The van der Waals surface area contributed by atoms with Gasteiger partial charge in [0, 0.05) is 24.5 Å². The highest BCUT2D eigenvalue weighted by atomic mass is 16.5. The molecule has 7 nitrogen and oxygen atoms in total. The van der Waals surface area contributed by atoms with Crippen LogP contribution in [0.2, 0.25) is 0 Å². The Hall–Kier alpha value is -3.19. The van der Waals surface area contributed by atoms with E-state index in [1.165, 1.54) is 0 Å². The molecule has 1 N–H and O–H groups in total. The van der Waals surface area contributed by atoms with Crippen molar-refractivity contribution in [2.45, 2.75) is 38.7 Å². The van der Waals surface area contributed by atoms with Crippen LogP contribution in [-0.2, 0) is 14.3 Å². The van der Waals surface area contributed by atoms with E-state index in [4.69, 9.17) is 9.47 Å². The van der Waals surface area contributed by atoms with Crippen molar-refractivity contribution < 1.29 is 23.9 Å². The maximum atomic E-state index is 12.9. The van der Waals surface area contributed by atoms with E-state index in [9.17, 15) is 14.4 Å². The van der Waals surface area contributed by atoms with E-state index in [-0.39, 0.29) is 36.2 Å². The van der Waals surface area contributed by atoms with Gasteiger partial charge < -0.3 is 14.8 Å². The fourth-order valence-electron chi connectivity index (χ4n) is 3.85. The van der Waals surface area contributed by atoms with E-state index in [1.807, 2.05) is 12.1 Å². The van der Waals surface area contributed by atoms with Gasteiger partial charge >= 0.3 is 0 Å². The molecule has 0 saturated carbocycles. The molecule has 2 aliphatic heterocycles. The van der Waals surface area contributed by atoms with Gasteiger partial charge in [0.15, 0.2) is 0 Å². The van der Waals surface area contributed by atoms with Crippen molar-refractivity contribution in [3.63, 3.8) is 0 Å². The van der Waals surface area contributed by atoms with Crippen molar-refractivity contribution >= 4 is 29.1 Å². The third kappa shape index (κ3) is 4.77. The summed E-state index contributed by atoms with van der Waals surface area (Å²) in [5.74, 6) is -0.619. The number of nitrogens with one attached hydrogen (secondary N) is 1. The Morgan fingerprint density at radius 3 is 2.74 bits per heavy atom. The predicted octanol–water partition coefficient (Wildman–Crippen LogP) is 3.79. The zero-order valence-electron chi connectivity index (χ0n) is 17.5. The van der Waals surface area contributed by atoms with Gasteiger partial charge in [0.05, 0.1) is 17.5 Å². The first-order valence-electron chi connectivity index (χ1n) is 10.6. The number of nitrogens with zero attached hydrogens (tertiary/aromatic N) is 1. The molecular formula is C24H26N2O5. The van der Waals surface area contributed by atoms with E-state index < -0.39 is 0 Å². The summed E-state index contributed by atoms with van der Waals surface area (Å²) < 4.78 is 11.6. The normalized spacial score (nSPS) is 21.3. The molecule has 7 heteroatoms. The number of carbonyl (C=O) groups is 3. The average molecular weight is 422 g/mol. The Kier molecular flexibility index (Phi) is 6.32. The molecule has 0 unspecified atom stereocenters. The predicted molar refractivity (Wildman–Crippen MR) is 116 cm³/mol. The van der Waals surface area contributed by atoms with Crippen LogP contribution in [0.4, 0.5) is 11.4 Å². The van der Waals surface area contributed by atoms with Gasteiger partial charge in [0.25, 0.3) is 5.91 Å². The van der Waals surface area contributed by atoms with Gasteiger partial charge in [-0.15, -0.1) is 0 Å². The van der Waals surface area contributed by atoms with Gasteiger partial charge in [-0.2, -0.15) is 0 Å². The molecule has 0 spiro atoms. The van der Waals surface area contributed by atoms with E-state index in [0.717, 1.165) is 30.8 Å². The van der Waals surface area contributed by atoms with E-state index in [1.54, 1.807) is 43.3 Å². The van der Waals surface area contributed by atoms with E-state index in [2.05, 4.69) is 5.32 Å². The highest BCUT2D eigenvalue weighted by Gasteiger charge is 2.36. The zero-order valence-corrected chi connectivity index (χ0v) is 17.5. The molecule has 0 bridgehead atoms. The van der Waals surface area contributed by atoms with Crippen molar-refractivity contribution in [1.82, 2.24) is 0 Å². The minimum Gasteiger partial charge on any atom is -0.489 e. The molecule has 31 heavy (non-hydrogen) atoms. The lowest BCUT2D eigenvalue weighted by Crippen LogP contribution is -2.30. The summed E-state index contributed by atoms with van der Waals surface area (Å²) in [5.41, 5.74) is 1.31. The van der Waals surface area contributed by atoms with Gasteiger partial charge in [-0.25, -0.2) is 0 Å². The molecule has 3 amide bonds. The summed E-state index contributed by atoms with van der Waals surface area (Å²) in [6, 6.07) is 13.8. The lowest BCUT2D eigenvalue weighted by molar-refractivity contribution is -0.122. The minimum atomic E-state index is -0.348. The summed E-state index contributed by atoms with van der Waals surface area (Å²) in [4.78, 5) is 38.5. The lowest BCUT2D eigenvalue weighted by Gasteiger charge is -2.23. The first kappa shape index (κ1) is 21.1. The Bertz CT molecular complexity index is 983. The largest absolute Gasteiger partial charge is 0.489 e. The Morgan fingerprint density at radius 2 is 2.00 bits per heavy atom. The number of anilines is 2. The molecule has 2 fully saturated rings. The van der Waals surface area contributed by atoms with Crippen LogP contribution < -0.4 is 15.0 Å². The van der Waals surface area contributed by atoms with Crippen molar-refractivity contribution in [1.29, 1.82) is 0 Å². The molecule has 2 aliphatic rings. The van der Waals surface area contributed by atoms with Gasteiger partial charge in [0.1, 0.15) is 12.4 Å². The van der Waals surface area contributed by atoms with Crippen molar-refractivity contribution in [3.05, 3.63) is 54.1 Å². The number of hydrogen-bond donors (Lipinski definition) is 1. The van der Waals surface area contributed by atoms with Gasteiger partial charge in [0.2, 0.25) is 11.8 Å². The van der Waals surface area contributed by atoms with Gasteiger partial charge in [-0.3, -0.25) is 19.3 Å². The number of para-hydroxylation sites is 2. The highest BCUT2D eigenvalue weighted by Crippen LogP contribution is 2.28. The van der Waals surface area contributed by atoms with Crippen LogP contribution >= 0.6 is 0 Å².